The first kappa shape index (κ1) is 10.8. The van der Waals surface area contributed by atoms with Crippen LogP contribution in [-0.4, -0.2) is 29.6 Å². The van der Waals surface area contributed by atoms with E-state index in [1.54, 1.807) is 0 Å². The molecule has 1 amide bonds. The molecule has 1 aliphatic heterocycles. The van der Waals surface area contributed by atoms with Gasteiger partial charge in [-0.2, -0.15) is 18.4 Å². The molecule has 1 fully saturated rings. The van der Waals surface area contributed by atoms with Gasteiger partial charge in [0.2, 0.25) is 5.91 Å². The van der Waals surface area contributed by atoms with Crippen LogP contribution >= 0.6 is 0 Å². The quantitative estimate of drug-likeness (QED) is 0.651. The molecule has 0 aromatic carbocycles. The van der Waals surface area contributed by atoms with Gasteiger partial charge in [-0.05, 0) is 12.8 Å². The summed E-state index contributed by atoms with van der Waals surface area (Å²) in [5.74, 6) is -0.999. The summed E-state index contributed by atoms with van der Waals surface area (Å²) < 4.78 is 35.6. The highest BCUT2D eigenvalue weighted by molar-refractivity contribution is 5.77. The highest BCUT2D eigenvalue weighted by Crippen LogP contribution is 2.24. The zero-order chi connectivity index (χ0) is 10.8. The van der Waals surface area contributed by atoms with Crippen LogP contribution in [0, 0.1) is 11.3 Å². The molecule has 1 heterocycles. The van der Waals surface area contributed by atoms with Crippen LogP contribution in [0.4, 0.5) is 13.2 Å². The van der Waals surface area contributed by atoms with E-state index in [4.69, 9.17) is 5.26 Å². The largest absolute Gasteiger partial charge is 0.397 e. The first-order valence-electron chi connectivity index (χ1n) is 4.20. The second-order valence-corrected chi connectivity index (χ2v) is 3.17. The molecule has 1 aliphatic rings. The lowest BCUT2D eigenvalue weighted by Crippen LogP contribution is -2.37. The van der Waals surface area contributed by atoms with Crippen molar-refractivity contribution < 1.29 is 18.0 Å². The number of likely N-dealkylation sites (tertiary alicyclic amines) is 1. The fourth-order valence-electron chi connectivity index (χ4n) is 1.47. The van der Waals surface area contributed by atoms with Crippen molar-refractivity contribution in [2.45, 2.75) is 31.5 Å². The average molecular weight is 206 g/mol. The van der Waals surface area contributed by atoms with Crippen LogP contribution in [0.15, 0.2) is 0 Å². The number of nitriles is 1. The topological polar surface area (TPSA) is 44.1 Å². The van der Waals surface area contributed by atoms with E-state index in [2.05, 4.69) is 0 Å². The molecule has 1 unspecified atom stereocenters. The Bertz CT molecular complexity index is 269. The predicted molar refractivity (Wildman–Crippen MR) is 41.0 cm³/mol. The molecular formula is C8H9F3N2O. The Morgan fingerprint density at radius 2 is 2.21 bits per heavy atom. The maximum absolute atomic E-state index is 11.9. The first-order valence-corrected chi connectivity index (χ1v) is 4.20. The maximum atomic E-state index is 11.9. The Kier molecular flexibility index (Phi) is 2.99. The van der Waals surface area contributed by atoms with Crippen molar-refractivity contribution in [2.75, 3.05) is 6.54 Å². The summed E-state index contributed by atoms with van der Waals surface area (Å²) in [7, 11) is 0. The normalized spacial score (nSPS) is 22.1. The summed E-state index contributed by atoms with van der Waals surface area (Å²) >= 11 is 0. The number of hydrogen-bond donors (Lipinski definition) is 0. The van der Waals surface area contributed by atoms with Crippen molar-refractivity contribution in [1.29, 1.82) is 5.26 Å². The van der Waals surface area contributed by atoms with Crippen LogP contribution in [-0.2, 0) is 4.79 Å². The van der Waals surface area contributed by atoms with Gasteiger partial charge >= 0.3 is 6.18 Å². The van der Waals surface area contributed by atoms with Crippen LogP contribution in [0.2, 0.25) is 0 Å². The van der Waals surface area contributed by atoms with E-state index < -0.39 is 24.5 Å². The van der Waals surface area contributed by atoms with Crippen LogP contribution in [0.3, 0.4) is 0 Å². The van der Waals surface area contributed by atoms with E-state index in [1.807, 2.05) is 6.07 Å². The molecule has 0 aromatic rings. The molecule has 6 heteroatoms. The van der Waals surface area contributed by atoms with E-state index in [0.717, 1.165) is 4.90 Å². The van der Waals surface area contributed by atoms with E-state index in [1.165, 1.54) is 0 Å². The molecule has 1 rings (SSSR count). The smallest absolute Gasteiger partial charge is 0.326 e. The van der Waals surface area contributed by atoms with E-state index >= 15 is 0 Å². The molecule has 1 saturated heterocycles. The summed E-state index contributed by atoms with van der Waals surface area (Å²) in [4.78, 5) is 12.1. The Morgan fingerprint density at radius 3 is 2.71 bits per heavy atom. The van der Waals surface area contributed by atoms with Gasteiger partial charge in [0.25, 0.3) is 0 Å². The predicted octanol–water partition coefficient (Wildman–Crippen LogP) is 1.45. The fourth-order valence-corrected chi connectivity index (χ4v) is 1.47. The molecule has 1 atom stereocenters. The van der Waals surface area contributed by atoms with Crippen LogP contribution in [0.5, 0.6) is 0 Å². The molecule has 3 nitrogen and oxygen atoms in total. The van der Waals surface area contributed by atoms with Crippen molar-refractivity contribution in [3.05, 3.63) is 0 Å². The number of alkyl halides is 3. The van der Waals surface area contributed by atoms with Crippen molar-refractivity contribution in [2.24, 2.45) is 0 Å². The molecule has 0 aromatic heterocycles. The van der Waals surface area contributed by atoms with Crippen LogP contribution < -0.4 is 0 Å². The number of carbonyl (C=O) groups is 1. The van der Waals surface area contributed by atoms with Gasteiger partial charge < -0.3 is 4.90 Å². The standard InChI is InChI=1S/C8H9F3N2O/c9-8(10,11)4-7(14)13-3-1-2-6(13)5-12/h6H,1-4H2. The van der Waals surface area contributed by atoms with Crippen molar-refractivity contribution in [3.8, 4) is 6.07 Å². The Hall–Kier alpha value is -1.25. The van der Waals surface area contributed by atoms with Gasteiger partial charge in [-0.3, -0.25) is 4.79 Å². The molecule has 0 spiro atoms. The molecule has 0 bridgehead atoms. The lowest BCUT2D eigenvalue weighted by molar-refractivity contribution is -0.161. The number of hydrogen-bond acceptors (Lipinski definition) is 2. The fraction of sp³-hybridized carbons (Fsp3) is 0.750. The third-order valence-electron chi connectivity index (χ3n) is 2.07. The molecule has 0 radical (unpaired) electrons. The zero-order valence-corrected chi connectivity index (χ0v) is 7.34. The number of amides is 1. The second-order valence-electron chi connectivity index (χ2n) is 3.17. The Balaban J connectivity index is 2.57. The molecule has 0 aliphatic carbocycles. The lowest BCUT2D eigenvalue weighted by Gasteiger charge is -2.19. The summed E-state index contributed by atoms with van der Waals surface area (Å²) in [6.45, 7) is 0.257. The highest BCUT2D eigenvalue weighted by atomic mass is 19.4. The summed E-state index contributed by atoms with van der Waals surface area (Å²) in [6.07, 6.45) is -4.88. The SMILES string of the molecule is N#CC1CCCN1C(=O)CC(F)(F)F. The third-order valence-corrected chi connectivity index (χ3v) is 2.07. The number of halogens is 3. The van der Waals surface area contributed by atoms with Gasteiger partial charge in [0.1, 0.15) is 12.5 Å². The van der Waals surface area contributed by atoms with Gasteiger partial charge in [0.15, 0.2) is 0 Å². The van der Waals surface area contributed by atoms with Gasteiger partial charge in [-0.25, -0.2) is 0 Å². The van der Waals surface area contributed by atoms with Crippen molar-refractivity contribution in [1.82, 2.24) is 4.90 Å². The highest BCUT2D eigenvalue weighted by Gasteiger charge is 2.37. The van der Waals surface area contributed by atoms with Gasteiger partial charge in [-0.15, -0.1) is 0 Å². The minimum atomic E-state index is -4.49. The van der Waals surface area contributed by atoms with E-state index in [-0.39, 0.29) is 6.54 Å². The minimum Gasteiger partial charge on any atom is -0.326 e. The van der Waals surface area contributed by atoms with Gasteiger partial charge in [-0.1, -0.05) is 0 Å². The van der Waals surface area contributed by atoms with Gasteiger partial charge in [0.05, 0.1) is 6.07 Å². The van der Waals surface area contributed by atoms with Crippen molar-refractivity contribution in [3.63, 3.8) is 0 Å². The molecule has 0 N–H and O–H groups in total. The zero-order valence-electron chi connectivity index (χ0n) is 7.34. The number of nitrogens with zero attached hydrogens (tertiary/aromatic N) is 2. The van der Waals surface area contributed by atoms with Crippen LogP contribution in [0.25, 0.3) is 0 Å². The first-order chi connectivity index (χ1) is 6.44. The summed E-state index contributed by atoms with van der Waals surface area (Å²) in [5, 5.41) is 8.56. The maximum Gasteiger partial charge on any atom is 0.397 e. The second kappa shape index (κ2) is 3.86. The molecule has 0 saturated carbocycles. The molecule has 78 valence electrons. The molecular weight excluding hydrogens is 197 g/mol. The van der Waals surface area contributed by atoms with Gasteiger partial charge in [0, 0.05) is 6.54 Å². The van der Waals surface area contributed by atoms with E-state index in [9.17, 15) is 18.0 Å². The monoisotopic (exact) mass is 206 g/mol. The van der Waals surface area contributed by atoms with E-state index in [0.29, 0.717) is 12.8 Å². The number of carbonyl (C=O) groups excluding carboxylic acids is 1. The summed E-state index contributed by atoms with van der Waals surface area (Å²) in [6, 6.07) is 1.14. The number of rotatable bonds is 1. The Labute approximate surface area is 79.1 Å². The lowest BCUT2D eigenvalue weighted by atomic mass is 10.2. The minimum absolute atomic E-state index is 0.257. The molecule has 14 heavy (non-hydrogen) atoms. The summed E-state index contributed by atoms with van der Waals surface area (Å²) in [5.41, 5.74) is 0. The average Bonchev–Trinajstić information content (AvgIpc) is 2.47. The Morgan fingerprint density at radius 1 is 1.57 bits per heavy atom. The van der Waals surface area contributed by atoms with Crippen LogP contribution in [0.1, 0.15) is 19.3 Å². The van der Waals surface area contributed by atoms with Crippen molar-refractivity contribution >= 4 is 5.91 Å². The third kappa shape index (κ3) is 2.62.